The average Bonchev–Trinajstić information content (AvgIpc) is 2.69. The topological polar surface area (TPSA) is 63.5 Å². The zero-order chi connectivity index (χ0) is 21.9. The molecule has 162 valence electrons. The monoisotopic (exact) mass is 409 g/mol. The predicted molar refractivity (Wildman–Crippen MR) is 121 cm³/mol. The molecule has 6 heteroatoms. The molecular weight excluding hydrogens is 374 g/mol. The molecule has 3 rings (SSSR count). The molecule has 0 unspecified atom stereocenters. The summed E-state index contributed by atoms with van der Waals surface area (Å²) in [4.78, 5) is 23.6. The maximum Gasteiger partial charge on any atom is 0.172 e. The molecule has 1 saturated heterocycles. The van der Waals surface area contributed by atoms with Crippen LogP contribution in [0.4, 0.5) is 5.82 Å². The lowest BCUT2D eigenvalue weighted by molar-refractivity contribution is -0.113. The van der Waals surface area contributed by atoms with E-state index in [9.17, 15) is 10.1 Å². The fraction of sp³-hybridized carbons (Fsp3) is 0.625. The highest BCUT2D eigenvalue weighted by molar-refractivity contribution is 6.04. The number of carbonyl (C=O) groups excluding carboxylic acids is 1. The van der Waals surface area contributed by atoms with E-state index in [0.717, 1.165) is 61.7 Å². The lowest BCUT2D eigenvalue weighted by Gasteiger charge is -2.49. The van der Waals surface area contributed by atoms with E-state index in [0.29, 0.717) is 5.41 Å². The fourth-order valence-electron chi connectivity index (χ4n) is 4.58. The minimum absolute atomic E-state index is 0.171. The normalized spacial score (nSPS) is 18.6. The number of pyridine rings is 1. The number of hydrogen-bond donors (Lipinski definition) is 0. The van der Waals surface area contributed by atoms with Crippen molar-refractivity contribution in [3.63, 3.8) is 0 Å². The summed E-state index contributed by atoms with van der Waals surface area (Å²) in [6.07, 6.45) is 8.15. The van der Waals surface area contributed by atoms with Crippen molar-refractivity contribution >= 4 is 17.3 Å². The van der Waals surface area contributed by atoms with Crippen LogP contribution in [-0.2, 0) is 4.79 Å². The quantitative estimate of drug-likeness (QED) is 0.507. The van der Waals surface area contributed by atoms with Crippen molar-refractivity contribution in [2.75, 3.05) is 52.2 Å². The molecule has 1 aliphatic carbocycles. The number of carbonyl (C=O) groups is 1. The first-order chi connectivity index (χ1) is 14.3. The van der Waals surface area contributed by atoms with Gasteiger partial charge in [0.15, 0.2) is 5.78 Å². The van der Waals surface area contributed by atoms with Gasteiger partial charge in [-0.25, -0.2) is 4.98 Å². The van der Waals surface area contributed by atoms with Crippen LogP contribution in [0.15, 0.2) is 17.8 Å². The molecule has 0 amide bonds. The zero-order valence-corrected chi connectivity index (χ0v) is 19.2. The molecule has 30 heavy (non-hydrogen) atoms. The lowest BCUT2D eigenvalue weighted by atomic mass is 9.63. The third-order valence-electron chi connectivity index (χ3n) is 6.87. The average molecular weight is 410 g/mol. The van der Waals surface area contributed by atoms with Crippen LogP contribution in [0.2, 0.25) is 0 Å². The first-order valence-corrected chi connectivity index (χ1v) is 11.0. The highest BCUT2D eigenvalue weighted by Crippen LogP contribution is 2.50. The van der Waals surface area contributed by atoms with Gasteiger partial charge in [0.05, 0.1) is 5.70 Å². The predicted octanol–water partition coefficient (Wildman–Crippen LogP) is 3.48. The van der Waals surface area contributed by atoms with Crippen molar-refractivity contribution in [2.24, 2.45) is 5.41 Å². The van der Waals surface area contributed by atoms with Crippen LogP contribution in [0.3, 0.4) is 0 Å². The largest absolute Gasteiger partial charge is 0.370 e. The number of likely N-dealkylation sites (tertiary alicyclic amines) is 1. The molecule has 1 aromatic heterocycles. The van der Waals surface area contributed by atoms with E-state index in [2.05, 4.69) is 39.8 Å². The fourth-order valence-corrected chi connectivity index (χ4v) is 4.58. The molecule has 1 aromatic rings. The van der Waals surface area contributed by atoms with Crippen LogP contribution in [-0.4, -0.2) is 67.9 Å². The van der Waals surface area contributed by atoms with Gasteiger partial charge in [0.1, 0.15) is 17.5 Å². The molecule has 0 atom stereocenters. The van der Waals surface area contributed by atoms with Crippen LogP contribution in [0, 0.1) is 23.7 Å². The Morgan fingerprint density at radius 3 is 2.37 bits per heavy atom. The number of Topliss-reactive ketones (excluding diaryl/α,β-unsaturated/α-hetero) is 1. The molecule has 2 aliphatic rings. The first-order valence-electron chi connectivity index (χ1n) is 11.0. The van der Waals surface area contributed by atoms with Crippen LogP contribution >= 0.6 is 0 Å². The summed E-state index contributed by atoms with van der Waals surface area (Å²) in [6.45, 7) is 7.10. The van der Waals surface area contributed by atoms with Gasteiger partial charge in [0.25, 0.3) is 0 Å². The number of nitriles is 1. The van der Waals surface area contributed by atoms with Crippen LogP contribution < -0.4 is 4.90 Å². The Bertz CT molecular complexity index is 853. The van der Waals surface area contributed by atoms with Crippen molar-refractivity contribution < 1.29 is 4.79 Å². The summed E-state index contributed by atoms with van der Waals surface area (Å²) in [6, 6.07) is 4.26. The van der Waals surface area contributed by atoms with Gasteiger partial charge in [0.2, 0.25) is 0 Å². The number of nitrogens with zero attached hydrogens (tertiary/aromatic N) is 5. The van der Waals surface area contributed by atoms with Crippen LogP contribution in [0.1, 0.15) is 50.2 Å². The molecule has 0 radical (unpaired) electrons. The Morgan fingerprint density at radius 1 is 1.20 bits per heavy atom. The Labute approximate surface area is 181 Å². The minimum atomic E-state index is -0.171. The number of piperidine rings is 1. The van der Waals surface area contributed by atoms with Crippen molar-refractivity contribution in [3.8, 4) is 6.07 Å². The molecule has 0 aromatic carbocycles. The second-order valence-corrected chi connectivity index (χ2v) is 9.31. The number of rotatable bonds is 7. The summed E-state index contributed by atoms with van der Waals surface area (Å²) in [5.74, 6) is 0.693. The SMILES string of the molecule is CC(=O)/C(C#N)=C(\c1cc(N(C)CCN(C)C)ncc1C)N1CCC2(CCC2)CC1. The molecular formula is C24H35N5O. The van der Waals surface area contributed by atoms with E-state index < -0.39 is 0 Å². The summed E-state index contributed by atoms with van der Waals surface area (Å²) < 4.78 is 0. The highest BCUT2D eigenvalue weighted by atomic mass is 16.1. The standard InChI is InChI=1S/C24H35N5O/c1-18-17-26-22(28(5)14-13-27(3)4)15-20(18)23(21(16-25)19(2)30)29-11-9-24(10-12-29)7-6-8-24/h15,17H,6-14H2,1-5H3/b23-21+. The molecule has 0 N–H and O–H groups in total. The summed E-state index contributed by atoms with van der Waals surface area (Å²) in [7, 11) is 6.14. The molecule has 6 nitrogen and oxygen atoms in total. The van der Waals surface area contributed by atoms with Crippen molar-refractivity contribution in [3.05, 3.63) is 29.0 Å². The van der Waals surface area contributed by atoms with E-state index in [1.165, 1.54) is 26.2 Å². The van der Waals surface area contributed by atoms with E-state index in [4.69, 9.17) is 0 Å². The Kier molecular flexibility index (Phi) is 6.82. The number of ketones is 1. The van der Waals surface area contributed by atoms with Gasteiger partial charge in [-0.05, 0) is 70.7 Å². The molecule has 1 saturated carbocycles. The van der Waals surface area contributed by atoms with Crippen LogP contribution in [0.5, 0.6) is 0 Å². The van der Waals surface area contributed by atoms with Gasteiger partial charge >= 0.3 is 0 Å². The van der Waals surface area contributed by atoms with E-state index >= 15 is 0 Å². The number of anilines is 1. The lowest BCUT2D eigenvalue weighted by Crippen LogP contribution is -2.43. The Balaban J connectivity index is 1.97. The molecule has 0 bridgehead atoms. The van der Waals surface area contributed by atoms with Crippen LogP contribution in [0.25, 0.3) is 5.70 Å². The maximum atomic E-state index is 12.4. The van der Waals surface area contributed by atoms with Gasteiger partial charge in [-0.3, -0.25) is 4.79 Å². The number of hydrogen-bond acceptors (Lipinski definition) is 6. The number of aromatic nitrogens is 1. The van der Waals surface area contributed by atoms with Gasteiger partial charge in [-0.2, -0.15) is 5.26 Å². The van der Waals surface area contributed by atoms with Gasteiger partial charge < -0.3 is 14.7 Å². The van der Waals surface area contributed by atoms with Crippen molar-refractivity contribution in [2.45, 2.75) is 46.0 Å². The third-order valence-corrected chi connectivity index (χ3v) is 6.87. The molecule has 2 fully saturated rings. The number of allylic oxidation sites excluding steroid dienone is 1. The van der Waals surface area contributed by atoms with Gasteiger partial charge in [-0.15, -0.1) is 0 Å². The van der Waals surface area contributed by atoms with Gasteiger partial charge in [-0.1, -0.05) is 6.42 Å². The Morgan fingerprint density at radius 2 is 1.87 bits per heavy atom. The highest BCUT2D eigenvalue weighted by Gasteiger charge is 2.40. The second-order valence-electron chi connectivity index (χ2n) is 9.31. The zero-order valence-electron chi connectivity index (χ0n) is 19.2. The van der Waals surface area contributed by atoms with E-state index in [1.807, 2.05) is 26.2 Å². The number of aryl methyl sites for hydroxylation is 1. The smallest absolute Gasteiger partial charge is 0.172 e. The third kappa shape index (κ3) is 4.67. The summed E-state index contributed by atoms with van der Waals surface area (Å²) >= 11 is 0. The molecule has 1 aliphatic heterocycles. The van der Waals surface area contributed by atoms with Crippen molar-refractivity contribution in [1.29, 1.82) is 5.26 Å². The summed E-state index contributed by atoms with van der Waals surface area (Å²) in [5, 5.41) is 9.85. The summed E-state index contributed by atoms with van der Waals surface area (Å²) in [5.41, 5.74) is 3.51. The van der Waals surface area contributed by atoms with E-state index in [-0.39, 0.29) is 11.4 Å². The second kappa shape index (κ2) is 9.18. The molecule has 1 spiro atoms. The maximum absolute atomic E-state index is 12.4. The first kappa shape index (κ1) is 22.3. The Hall–Kier alpha value is -2.39. The molecule has 2 heterocycles. The number of likely N-dealkylation sites (N-methyl/N-ethyl adjacent to an activating group) is 2. The van der Waals surface area contributed by atoms with Gasteiger partial charge in [0, 0.05) is 45.0 Å². The van der Waals surface area contributed by atoms with Crippen molar-refractivity contribution in [1.82, 2.24) is 14.8 Å². The minimum Gasteiger partial charge on any atom is -0.370 e. The van der Waals surface area contributed by atoms with E-state index in [1.54, 1.807) is 0 Å².